The standard InChI is InChI=1S/C12H12O7S/c1-2-11(13)18-7-8-19-12(14)9-5-3-4-6-10(9)20(15,16)17/h2-6H,1,7-8H2,(H,15,16,17). The molecule has 0 aromatic heterocycles. The van der Waals surface area contributed by atoms with Gasteiger partial charge in [-0.25, -0.2) is 9.59 Å². The minimum absolute atomic E-state index is 0.190. The lowest BCUT2D eigenvalue weighted by Gasteiger charge is -2.07. The van der Waals surface area contributed by atoms with E-state index >= 15 is 0 Å². The summed E-state index contributed by atoms with van der Waals surface area (Å²) in [5.74, 6) is -1.62. The van der Waals surface area contributed by atoms with Crippen molar-refractivity contribution in [2.24, 2.45) is 0 Å². The normalized spacial score (nSPS) is 10.7. The molecule has 0 fully saturated rings. The number of hydrogen-bond acceptors (Lipinski definition) is 6. The molecular formula is C12H12O7S. The van der Waals surface area contributed by atoms with Crippen LogP contribution in [0.2, 0.25) is 0 Å². The molecule has 1 rings (SSSR count). The Balaban J connectivity index is 2.70. The van der Waals surface area contributed by atoms with Crippen molar-refractivity contribution in [2.75, 3.05) is 13.2 Å². The molecule has 0 bridgehead atoms. The van der Waals surface area contributed by atoms with Gasteiger partial charge in [-0.3, -0.25) is 4.55 Å². The number of carbonyl (C=O) groups is 2. The van der Waals surface area contributed by atoms with Crippen LogP contribution in [0.4, 0.5) is 0 Å². The van der Waals surface area contributed by atoms with E-state index in [-0.39, 0.29) is 18.8 Å². The number of esters is 2. The number of rotatable bonds is 6. The second kappa shape index (κ2) is 6.83. The van der Waals surface area contributed by atoms with Gasteiger partial charge in [0.2, 0.25) is 0 Å². The Morgan fingerprint density at radius 1 is 1.20 bits per heavy atom. The van der Waals surface area contributed by atoms with Crippen LogP contribution in [0, 0.1) is 0 Å². The number of benzene rings is 1. The first-order valence-electron chi connectivity index (χ1n) is 5.39. The van der Waals surface area contributed by atoms with Crippen molar-refractivity contribution in [3.8, 4) is 0 Å². The minimum atomic E-state index is -4.53. The van der Waals surface area contributed by atoms with Crippen LogP contribution in [-0.4, -0.2) is 38.1 Å². The van der Waals surface area contributed by atoms with Crippen LogP contribution in [0.15, 0.2) is 41.8 Å². The quantitative estimate of drug-likeness (QED) is 0.358. The molecule has 1 aromatic carbocycles. The van der Waals surface area contributed by atoms with Gasteiger partial charge < -0.3 is 9.47 Å². The zero-order valence-corrected chi connectivity index (χ0v) is 11.1. The van der Waals surface area contributed by atoms with Crippen LogP contribution in [0.3, 0.4) is 0 Å². The molecule has 8 heteroatoms. The number of hydrogen-bond donors (Lipinski definition) is 1. The van der Waals surface area contributed by atoms with Crippen molar-refractivity contribution < 1.29 is 32.0 Å². The van der Waals surface area contributed by atoms with E-state index in [1.165, 1.54) is 18.2 Å². The van der Waals surface area contributed by atoms with E-state index in [9.17, 15) is 18.0 Å². The fourth-order valence-electron chi connectivity index (χ4n) is 1.27. The maximum absolute atomic E-state index is 11.7. The molecule has 0 amide bonds. The molecule has 108 valence electrons. The van der Waals surface area contributed by atoms with Crippen molar-refractivity contribution >= 4 is 22.1 Å². The van der Waals surface area contributed by atoms with Crippen molar-refractivity contribution in [2.45, 2.75) is 4.90 Å². The van der Waals surface area contributed by atoms with E-state index in [2.05, 4.69) is 11.3 Å². The molecule has 7 nitrogen and oxygen atoms in total. The average Bonchev–Trinajstić information content (AvgIpc) is 2.42. The van der Waals surface area contributed by atoms with Gasteiger partial charge in [0.1, 0.15) is 18.1 Å². The molecule has 0 saturated heterocycles. The molecule has 0 heterocycles. The van der Waals surface area contributed by atoms with E-state index in [0.717, 1.165) is 12.1 Å². The molecule has 0 radical (unpaired) electrons. The van der Waals surface area contributed by atoms with Gasteiger partial charge in [0, 0.05) is 6.08 Å². The van der Waals surface area contributed by atoms with Crippen molar-refractivity contribution in [1.82, 2.24) is 0 Å². The van der Waals surface area contributed by atoms with Crippen LogP contribution in [0.5, 0.6) is 0 Å². The van der Waals surface area contributed by atoms with E-state index in [1.54, 1.807) is 0 Å². The zero-order chi connectivity index (χ0) is 15.2. The highest BCUT2D eigenvalue weighted by molar-refractivity contribution is 7.86. The molecule has 0 aliphatic carbocycles. The summed E-state index contributed by atoms with van der Waals surface area (Å²) in [5, 5.41) is 0. The van der Waals surface area contributed by atoms with Crippen LogP contribution >= 0.6 is 0 Å². The topological polar surface area (TPSA) is 107 Å². The monoisotopic (exact) mass is 300 g/mol. The maximum atomic E-state index is 11.7. The van der Waals surface area contributed by atoms with Crippen LogP contribution < -0.4 is 0 Å². The second-order valence-electron chi connectivity index (χ2n) is 3.48. The maximum Gasteiger partial charge on any atom is 0.339 e. The summed E-state index contributed by atoms with van der Waals surface area (Å²) in [6.07, 6.45) is 0.954. The summed E-state index contributed by atoms with van der Waals surface area (Å²) < 4.78 is 40.5. The largest absolute Gasteiger partial charge is 0.459 e. The van der Waals surface area contributed by atoms with Crippen LogP contribution in [0.25, 0.3) is 0 Å². The molecule has 1 aromatic rings. The third kappa shape index (κ3) is 4.48. The Kier molecular flexibility index (Phi) is 5.42. The summed E-state index contributed by atoms with van der Waals surface area (Å²) in [5.41, 5.74) is -0.301. The molecule has 0 atom stereocenters. The lowest BCUT2D eigenvalue weighted by molar-refractivity contribution is -0.138. The highest BCUT2D eigenvalue weighted by Gasteiger charge is 2.20. The molecular weight excluding hydrogens is 288 g/mol. The Morgan fingerprint density at radius 2 is 1.80 bits per heavy atom. The highest BCUT2D eigenvalue weighted by Crippen LogP contribution is 2.15. The molecule has 20 heavy (non-hydrogen) atoms. The summed E-state index contributed by atoms with van der Waals surface area (Å²) >= 11 is 0. The predicted molar refractivity (Wildman–Crippen MR) is 67.7 cm³/mol. The fraction of sp³-hybridized carbons (Fsp3) is 0.167. The smallest absolute Gasteiger partial charge is 0.339 e. The van der Waals surface area contributed by atoms with Crippen LogP contribution in [-0.2, 0) is 24.4 Å². The summed E-state index contributed by atoms with van der Waals surface area (Å²) in [6.45, 7) is 2.74. The highest BCUT2D eigenvalue weighted by atomic mass is 32.2. The first-order chi connectivity index (χ1) is 9.36. The molecule has 0 aliphatic heterocycles. The second-order valence-corrected chi connectivity index (χ2v) is 4.87. The molecule has 1 N–H and O–H groups in total. The molecule has 0 spiro atoms. The van der Waals surface area contributed by atoms with Crippen LogP contribution in [0.1, 0.15) is 10.4 Å². The fourth-order valence-corrected chi connectivity index (χ4v) is 1.95. The van der Waals surface area contributed by atoms with E-state index in [0.29, 0.717) is 0 Å². The lowest BCUT2D eigenvalue weighted by atomic mass is 10.2. The number of ether oxygens (including phenoxy) is 2. The predicted octanol–water partition coefficient (Wildman–Crippen LogP) is 0.819. The van der Waals surface area contributed by atoms with Gasteiger partial charge in [-0.15, -0.1) is 0 Å². The van der Waals surface area contributed by atoms with Crippen molar-refractivity contribution in [1.29, 1.82) is 0 Å². The first kappa shape index (κ1) is 15.9. The average molecular weight is 300 g/mol. The number of carbonyl (C=O) groups excluding carboxylic acids is 2. The summed E-state index contributed by atoms with van der Waals surface area (Å²) in [7, 11) is -4.53. The Hall–Kier alpha value is -2.19. The first-order valence-corrected chi connectivity index (χ1v) is 6.83. The van der Waals surface area contributed by atoms with Gasteiger partial charge in [-0.05, 0) is 12.1 Å². The minimum Gasteiger partial charge on any atom is -0.459 e. The SMILES string of the molecule is C=CC(=O)OCCOC(=O)c1ccccc1S(=O)(=O)O. The Morgan fingerprint density at radius 3 is 2.40 bits per heavy atom. The van der Waals surface area contributed by atoms with Gasteiger partial charge in [0.25, 0.3) is 10.1 Å². The van der Waals surface area contributed by atoms with Gasteiger partial charge in [0.05, 0.1) is 5.56 Å². The van der Waals surface area contributed by atoms with Gasteiger partial charge in [-0.2, -0.15) is 8.42 Å². The molecule has 0 unspecified atom stereocenters. The zero-order valence-electron chi connectivity index (χ0n) is 10.3. The summed E-state index contributed by atoms with van der Waals surface area (Å²) in [6, 6.07) is 5.04. The Labute approximate surface area is 115 Å². The molecule has 0 aliphatic rings. The van der Waals surface area contributed by atoms with Gasteiger partial charge in [0.15, 0.2) is 0 Å². The Bertz CT molecular complexity index is 618. The van der Waals surface area contributed by atoms with E-state index in [4.69, 9.17) is 9.29 Å². The third-order valence-corrected chi connectivity index (χ3v) is 3.02. The molecule has 0 saturated carbocycles. The summed E-state index contributed by atoms with van der Waals surface area (Å²) in [4.78, 5) is 21.8. The van der Waals surface area contributed by atoms with E-state index in [1.807, 2.05) is 0 Å². The van der Waals surface area contributed by atoms with Gasteiger partial charge >= 0.3 is 11.9 Å². The van der Waals surface area contributed by atoms with Gasteiger partial charge in [-0.1, -0.05) is 18.7 Å². The third-order valence-electron chi connectivity index (χ3n) is 2.11. The van der Waals surface area contributed by atoms with Crippen molar-refractivity contribution in [3.05, 3.63) is 42.5 Å². The lowest BCUT2D eigenvalue weighted by Crippen LogP contribution is -2.15. The van der Waals surface area contributed by atoms with Crippen molar-refractivity contribution in [3.63, 3.8) is 0 Å². The van der Waals surface area contributed by atoms with E-state index < -0.39 is 27.0 Å².